The zero-order chi connectivity index (χ0) is 35.0. The van der Waals surface area contributed by atoms with Crippen molar-refractivity contribution in [1.82, 2.24) is 0 Å². The van der Waals surface area contributed by atoms with Gasteiger partial charge in [-0.1, -0.05) is 0 Å². The molecule has 48 heavy (non-hydrogen) atoms. The fraction of sp³-hybridized carbons (Fsp3) is 0.500. The lowest BCUT2D eigenvalue weighted by molar-refractivity contribution is -0.352. The average molecular weight is 685 g/mol. The SMILES string of the molecule is COc1cc(-c2oc3cc(OC)c(OC)c(O)c3c(=O)c2O[C@H]2O[C@H](CO)[C@H](O[C@H]3O[C@H](CO)[C@H](O)[C@H](O)[C@H]3O)[C@H](O)[C@H]2O)ccc1O. The highest BCUT2D eigenvalue weighted by Crippen LogP contribution is 2.45. The van der Waals surface area contributed by atoms with Crippen LogP contribution >= 0.6 is 0 Å². The Balaban J connectivity index is 1.55. The van der Waals surface area contributed by atoms with E-state index in [0.29, 0.717) is 0 Å². The maximum Gasteiger partial charge on any atom is 0.239 e. The van der Waals surface area contributed by atoms with E-state index in [2.05, 4.69) is 0 Å². The van der Waals surface area contributed by atoms with E-state index < -0.39 is 96.9 Å². The maximum absolute atomic E-state index is 14.0. The summed E-state index contributed by atoms with van der Waals surface area (Å²) in [6.45, 7) is -1.65. The quantitative estimate of drug-likeness (QED) is 0.111. The highest BCUT2D eigenvalue weighted by Gasteiger charge is 2.51. The summed E-state index contributed by atoms with van der Waals surface area (Å²) in [6.07, 6.45) is -17.6. The first-order valence-electron chi connectivity index (χ1n) is 14.5. The van der Waals surface area contributed by atoms with E-state index in [1.165, 1.54) is 45.6 Å². The van der Waals surface area contributed by atoms with Crippen molar-refractivity contribution in [2.45, 2.75) is 61.4 Å². The monoisotopic (exact) mass is 684 g/mol. The molecule has 5 rings (SSSR count). The molecule has 0 saturated carbocycles. The molecule has 18 heteroatoms. The lowest BCUT2D eigenvalue weighted by atomic mass is 9.97. The Morgan fingerprint density at radius 3 is 2.00 bits per heavy atom. The normalized spacial score (nSPS) is 30.6. The fourth-order valence-electron chi connectivity index (χ4n) is 5.51. The molecule has 9 N–H and O–H groups in total. The van der Waals surface area contributed by atoms with Crippen LogP contribution in [-0.2, 0) is 14.2 Å². The molecule has 10 atom stereocenters. The molecule has 2 aliphatic rings. The molecule has 2 aliphatic heterocycles. The minimum atomic E-state index is -2.03. The number of ether oxygens (including phenoxy) is 7. The summed E-state index contributed by atoms with van der Waals surface area (Å²) in [7, 11) is 3.81. The Labute approximate surface area is 271 Å². The second kappa shape index (κ2) is 14.3. The van der Waals surface area contributed by atoms with Crippen LogP contribution in [0.3, 0.4) is 0 Å². The van der Waals surface area contributed by atoms with Crippen molar-refractivity contribution >= 4 is 11.0 Å². The zero-order valence-electron chi connectivity index (χ0n) is 25.7. The van der Waals surface area contributed by atoms with E-state index in [9.17, 15) is 50.8 Å². The van der Waals surface area contributed by atoms with Gasteiger partial charge in [-0.3, -0.25) is 4.79 Å². The first-order valence-corrected chi connectivity index (χ1v) is 14.5. The van der Waals surface area contributed by atoms with Crippen LogP contribution in [0.2, 0.25) is 0 Å². The molecule has 0 bridgehead atoms. The topological polar surface area (TPSA) is 277 Å². The van der Waals surface area contributed by atoms with E-state index >= 15 is 0 Å². The Morgan fingerprint density at radius 1 is 0.729 bits per heavy atom. The van der Waals surface area contributed by atoms with Crippen molar-refractivity contribution in [1.29, 1.82) is 0 Å². The van der Waals surface area contributed by atoms with Gasteiger partial charge in [-0.25, -0.2) is 0 Å². The van der Waals surface area contributed by atoms with E-state index in [4.69, 9.17) is 37.6 Å². The molecule has 3 aromatic rings. The van der Waals surface area contributed by atoms with Crippen molar-refractivity contribution < 1.29 is 83.5 Å². The molecule has 2 aromatic carbocycles. The van der Waals surface area contributed by atoms with E-state index in [1.807, 2.05) is 0 Å². The Morgan fingerprint density at radius 2 is 1.38 bits per heavy atom. The molecular formula is C30H36O18. The minimum absolute atomic E-state index is 0.0129. The van der Waals surface area contributed by atoms with Crippen LogP contribution in [0.15, 0.2) is 33.5 Å². The number of aliphatic hydroxyl groups is 7. The molecule has 0 spiro atoms. The van der Waals surface area contributed by atoms with Crippen LogP contribution in [0.5, 0.6) is 34.5 Å². The second-order valence-corrected chi connectivity index (χ2v) is 10.9. The van der Waals surface area contributed by atoms with Gasteiger partial charge in [-0.05, 0) is 18.2 Å². The van der Waals surface area contributed by atoms with Crippen LogP contribution in [0.25, 0.3) is 22.3 Å². The van der Waals surface area contributed by atoms with E-state index in [0.717, 1.165) is 0 Å². The van der Waals surface area contributed by atoms with Crippen LogP contribution < -0.4 is 24.4 Å². The lowest BCUT2D eigenvalue weighted by Gasteiger charge is -2.45. The Kier molecular flexibility index (Phi) is 10.5. The number of phenols is 2. The molecule has 0 aliphatic carbocycles. The molecule has 0 amide bonds. The number of phenolic OH excluding ortho intramolecular Hbond substituents is 2. The highest BCUT2D eigenvalue weighted by molar-refractivity contribution is 5.91. The van der Waals surface area contributed by atoms with Crippen molar-refractivity contribution in [2.24, 2.45) is 0 Å². The molecule has 18 nitrogen and oxygen atoms in total. The molecule has 0 radical (unpaired) electrons. The third kappa shape index (κ3) is 6.18. The number of hydrogen-bond acceptors (Lipinski definition) is 18. The standard InChI is InChI=1S/C30H36O18/c1-41-12-6-10(4-5-11(12)33)25-28(20(36)17-13(44-25)7-14(42-2)26(43-3)19(17)35)48-30-24(40)22(38)27(16(9-32)46-30)47-29-23(39)21(37)18(34)15(8-31)45-29/h4-7,15-16,18,21-24,27,29-35,37-40H,8-9H2,1-3H3/t15-,16-,18+,21+,22-,23-,24-,27+,29-,30-/m1/s1. The first kappa shape index (κ1) is 35.4. The van der Waals surface area contributed by atoms with Gasteiger partial charge >= 0.3 is 0 Å². The molecule has 2 fully saturated rings. The largest absolute Gasteiger partial charge is 0.504 e. The van der Waals surface area contributed by atoms with Gasteiger partial charge in [-0.2, -0.15) is 0 Å². The molecule has 3 heterocycles. The second-order valence-electron chi connectivity index (χ2n) is 10.9. The van der Waals surface area contributed by atoms with Crippen LogP contribution in [0.4, 0.5) is 0 Å². The number of fused-ring (bicyclic) bond motifs is 1. The average Bonchev–Trinajstić information content (AvgIpc) is 3.08. The summed E-state index contributed by atoms with van der Waals surface area (Å²) in [6, 6.07) is 5.18. The highest BCUT2D eigenvalue weighted by atomic mass is 16.7. The molecule has 1 aromatic heterocycles. The summed E-state index contributed by atoms with van der Waals surface area (Å²) in [5, 5.41) is 93.1. The summed E-state index contributed by atoms with van der Waals surface area (Å²) < 4.78 is 44.0. The fourth-order valence-corrected chi connectivity index (χ4v) is 5.51. The number of rotatable bonds is 10. The summed E-state index contributed by atoms with van der Waals surface area (Å²) in [5.41, 5.74) is -1.07. The third-order valence-electron chi connectivity index (χ3n) is 8.10. The first-order chi connectivity index (χ1) is 22.9. The predicted molar refractivity (Wildman–Crippen MR) is 158 cm³/mol. The number of benzene rings is 2. The van der Waals surface area contributed by atoms with Crippen molar-refractivity contribution in [2.75, 3.05) is 34.5 Å². The van der Waals surface area contributed by atoms with E-state index in [-0.39, 0.29) is 39.9 Å². The molecular weight excluding hydrogens is 648 g/mol. The van der Waals surface area contributed by atoms with Gasteiger partial charge in [0.2, 0.25) is 23.2 Å². The van der Waals surface area contributed by atoms with Crippen molar-refractivity contribution in [3.05, 3.63) is 34.5 Å². The minimum Gasteiger partial charge on any atom is -0.504 e. The Hall–Kier alpha value is -3.95. The smallest absolute Gasteiger partial charge is 0.239 e. The lowest BCUT2D eigenvalue weighted by Crippen LogP contribution is -2.65. The number of aliphatic hydroxyl groups excluding tert-OH is 7. The van der Waals surface area contributed by atoms with Gasteiger partial charge < -0.3 is 83.5 Å². The van der Waals surface area contributed by atoms with Gasteiger partial charge in [0.05, 0.1) is 34.5 Å². The molecule has 264 valence electrons. The van der Waals surface area contributed by atoms with Gasteiger partial charge in [0, 0.05) is 11.6 Å². The van der Waals surface area contributed by atoms with Crippen LogP contribution in [-0.4, -0.2) is 142 Å². The van der Waals surface area contributed by atoms with Crippen molar-refractivity contribution in [3.8, 4) is 45.8 Å². The number of aromatic hydroxyl groups is 2. The predicted octanol–water partition coefficient (Wildman–Crippen LogP) is -2.10. The molecule has 0 unspecified atom stereocenters. The van der Waals surface area contributed by atoms with Crippen LogP contribution in [0.1, 0.15) is 0 Å². The van der Waals surface area contributed by atoms with Gasteiger partial charge in [0.15, 0.2) is 35.0 Å². The number of hydrogen-bond donors (Lipinski definition) is 9. The summed E-state index contributed by atoms with van der Waals surface area (Å²) in [5.74, 6) is -2.09. The zero-order valence-corrected chi connectivity index (χ0v) is 25.7. The Bertz CT molecular complexity index is 1660. The van der Waals surface area contributed by atoms with Gasteiger partial charge in [0.1, 0.15) is 59.8 Å². The molecule has 2 saturated heterocycles. The number of methoxy groups -OCH3 is 3. The van der Waals surface area contributed by atoms with E-state index in [1.54, 1.807) is 0 Å². The van der Waals surface area contributed by atoms with Crippen molar-refractivity contribution in [3.63, 3.8) is 0 Å². The summed E-state index contributed by atoms with van der Waals surface area (Å²) in [4.78, 5) is 14.0. The van der Waals surface area contributed by atoms with Gasteiger partial charge in [0.25, 0.3) is 0 Å². The maximum atomic E-state index is 14.0. The van der Waals surface area contributed by atoms with Crippen LogP contribution in [0, 0.1) is 0 Å². The van der Waals surface area contributed by atoms with Gasteiger partial charge in [-0.15, -0.1) is 0 Å². The summed E-state index contributed by atoms with van der Waals surface area (Å²) >= 11 is 0. The third-order valence-corrected chi connectivity index (χ3v) is 8.10.